The number of hydrogen-bond acceptors (Lipinski definition) is 4. The topological polar surface area (TPSA) is 73.0 Å². The summed E-state index contributed by atoms with van der Waals surface area (Å²) in [7, 11) is 0. The molecule has 1 N–H and O–H groups in total. The Morgan fingerprint density at radius 2 is 1.96 bits per heavy atom. The van der Waals surface area contributed by atoms with Gasteiger partial charge in [0.25, 0.3) is 5.91 Å². The van der Waals surface area contributed by atoms with E-state index in [-0.39, 0.29) is 18.0 Å². The first-order chi connectivity index (χ1) is 11.8. The van der Waals surface area contributed by atoms with E-state index in [0.717, 1.165) is 5.56 Å². The second-order valence-electron chi connectivity index (χ2n) is 6.91. The second-order valence-corrected chi connectivity index (χ2v) is 6.91. The molecule has 0 unspecified atom stereocenters. The van der Waals surface area contributed by atoms with Gasteiger partial charge in [-0.05, 0) is 27.7 Å². The lowest BCUT2D eigenvalue weighted by Gasteiger charge is -2.18. The summed E-state index contributed by atoms with van der Waals surface area (Å²) >= 11 is 0. The fraction of sp³-hybridized carbons (Fsp3) is 0.316. The molecule has 6 heteroatoms. The van der Waals surface area contributed by atoms with Crippen molar-refractivity contribution in [3.8, 4) is 11.3 Å². The van der Waals surface area contributed by atoms with Crippen LogP contribution in [-0.2, 0) is 12.1 Å². The lowest BCUT2D eigenvalue weighted by molar-refractivity contribution is 0.0946. The molecule has 0 saturated carbocycles. The van der Waals surface area contributed by atoms with Gasteiger partial charge in [0.15, 0.2) is 5.76 Å². The molecule has 0 bridgehead atoms. The normalized spacial score (nSPS) is 11.5. The summed E-state index contributed by atoms with van der Waals surface area (Å²) < 4.78 is 7.50. The van der Waals surface area contributed by atoms with Crippen LogP contribution in [0.2, 0.25) is 0 Å². The molecule has 1 amide bonds. The minimum Gasteiger partial charge on any atom is -0.439 e. The maximum atomic E-state index is 12.4. The van der Waals surface area contributed by atoms with Crippen molar-refractivity contribution in [2.24, 2.45) is 0 Å². The number of nitrogens with zero attached hydrogens (tertiary/aromatic N) is 3. The predicted octanol–water partition coefficient (Wildman–Crippen LogP) is 3.53. The molecule has 3 rings (SSSR count). The molecule has 0 spiro atoms. The predicted molar refractivity (Wildman–Crippen MR) is 95.1 cm³/mol. The summed E-state index contributed by atoms with van der Waals surface area (Å²) in [5, 5.41) is 7.26. The van der Waals surface area contributed by atoms with Crippen molar-refractivity contribution >= 4 is 5.91 Å². The number of hydrogen-bond donors (Lipinski definition) is 1. The fourth-order valence-corrected chi connectivity index (χ4v) is 2.41. The molecule has 0 aliphatic carbocycles. The average molecular weight is 338 g/mol. The Morgan fingerprint density at radius 3 is 2.60 bits per heavy atom. The van der Waals surface area contributed by atoms with Crippen molar-refractivity contribution < 1.29 is 9.21 Å². The van der Waals surface area contributed by atoms with Gasteiger partial charge in [-0.1, -0.05) is 30.3 Å². The average Bonchev–Trinajstić information content (AvgIpc) is 3.20. The minimum atomic E-state index is -0.188. The number of benzene rings is 1. The molecule has 0 aliphatic rings. The van der Waals surface area contributed by atoms with E-state index in [9.17, 15) is 4.79 Å². The van der Waals surface area contributed by atoms with E-state index in [4.69, 9.17) is 4.42 Å². The first-order valence-corrected chi connectivity index (χ1v) is 8.19. The first-order valence-electron chi connectivity index (χ1n) is 8.19. The van der Waals surface area contributed by atoms with Crippen molar-refractivity contribution in [2.45, 2.75) is 39.8 Å². The van der Waals surface area contributed by atoms with Crippen LogP contribution in [0.3, 0.4) is 0 Å². The van der Waals surface area contributed by atoms with E-state index < -0.39 is 0 Å². The van der Waals surface area contributed by atoms with E-state index in [1.165, 1.54) is 0 Å². The van der Waals surface area contributed by atoms with Crippen molar-refractivity contribution in [1.29, 1.82) is 0 Å². The number of nitrogens with one attached hydrogen (secondary N) is 1. The van der Waals surface area contributed by atoms with E-state index in [2.05, 4.69) is 15.4 Å². The molecule has 1 aromatic carbocycles. The van der Waals surface area contributed by atoms with Crippen LogP contribution in [0.5, 0.6) is 0 Å². The van der Waals surface area contributed by atoms with Gasteiger partial charge in [-0.2, -0.15) is 5.10 Å². The highest BCUT2D eigenvalue weighted by atomic mass is 16.4. The van der Waals surface area contributed by atoms with Gasteiger partial charge < -0.3 is 9.73 Å². The van der Waals surface area contributed by atoms with Crippen LogP contribution in [-0.4, -0.2) is 20.7 Å². The number of aryl methyl sites for hydroxylation is 1. The Morgan fingerprint density at radius 1 is 1.24 bits per heavy atom. The highest BCUT2D eigenvalue weighted by molar-refractivity contribution is 5.94. The molecule has 2 heterocycles. The number of oxazole rings is 1. The van der Waals surface area contributed by atoms with Crippen LogP contribution in [0, 0.1) is 6.92 Å². The van der Waals surface area contributed by atoms with Crippen molar-refractivity contribution in [3.05, 3.63) is 59.9 Å². The highest BCUT2D eigenvalue weighted by Gasteiger charge is 2.20. The second kappa shape index (κ2) is 6.55. The molecule has 0 fully saturated rings. The molecule has 2 aromatic heterocycles. The summed E-state index contributed by atoms with van der Waals surface area (Å²) in [5.41, 5.74) is 2.04. The number of amides is 1. The van der Waals surface area contributed by atoms with Crippen LogP contribution in [0.15, 0.2) is 47.1 Å². The lowest BCUT2D eigenvalue weighted by atomic mass is 10.1. The van der Waals surface area contributed by atoms with E-state index in [1.54, 1.807) is 17.1 Å². The number of rotatable bonds is 4. The van der Waals surface area contributed by atoms with Gasteiger partial charge >= 0.3 is 0 Å². The largest absolute Gasteiger partial charge is 0.439 e. The Labute approximate surface area is 146 Å². The monoisotopic (exact) mass is 338 g/mol. The maximum absolute atomic E-state index is 12.4. The smallest absolute Gasteiger partial charge is 0.255 e. The Balaban J connectivity index is 1.67. The molecule has 0 aliphatic heterocycles. The summed E-state index contributed by atoms with van der Waals surface area (Å²) in [5.74, 6) is 0.960. The third-order valence-electron chi connectivity index (χ3n) is 3.84. The zero-order valence-corrected chi connectivity index (χ0v) is 14.9. The van der Waals surface area contributed by atoms with E-state index in [1.807, 2.05) is 58.0 Å². The zero-order chi connectivity index (χ0) is 18.0. The van der Waals surface area contributed by atoms with Crippen molar-refractivity contribution in [3.63, 3.8) is 0 Å². The van der Waals surface area contributed by atoms with Crippen LogP contribution >= 0.6 is 0 Å². The third-order valence-corrected chi connectivity index (χ3v) is 3.84. The Bertz CT molecular complexity index is 872. The van der Waals surface area contributed by atoms with Gasteiger partial charge in [-0.3, -0.25) is 9.48 Å². The van der Waals surface area contributed by atoms with Gasteiger partial charge in [0, 0.05) is 11.8 Å². The summed E-state index contributed by atoms with van der Waals surface area (Å²) in [4.78, 5) is 16.6. The molecule has 130 valence electrons. The molecule has 0 saturated heterocycles. The molecule has 0 radical (unpaired) electrons. The number of aromatic nitrogens is 3. The van der Waals surface area contributed by atoms with Crippen LogP contribution in [0.1, 0.15) is 42.7 Å². The summed E-state index contributed by atoms with van der Waals surface area (Å²) in [6.07, 6.45) is 3.44. The Kier molecular flexibility index (Phi) is 4.44. The van der Waals surface area contributed by atoms with Crippen LogP contribution in [0.25, 0.3) is 11.3 Å². The van der Waals surface area contributed by atoms with E-state index in [0.29, 0.717) is 22.9 Å². The maximum Gasteiger partial charge on any atom is 0.255 e. The SMILES string of the molecule is Cc1nn(C(C)(C)C)cc1C(=O)NCc1ncc(-c2ccccc2)o1. The van der Waals surface area contributed by atoms with Crippen LogP contribution < -0.4 is 5.32 Å². The summed E-state index contributed by atoms with van der Waals surface area (Å²) in [6.45, 7) is 8.18. The molecule has 6 nitrogen and oxygen atoms in total. The Hall–Kier alpha value is -2.89. The van der Waals surface area contributed by atoms with Gasteiger partial charge in [-0.15, -0.1) is 0 Å². The molecule has 0 atom stereocenters. The van der Waals surface area contributed by atoms with Crippen LogP contribution in [0.4, 0.5) is 0 Å². The molecule has 3 aromatic rings. The number of carbonyl (C=O) groups excluding carboxylic acids is 1. The van der Waals surface area contributed by atoms with Gasteiger partial charge in [0.2, 0.25) is 5.89 Å². The van der Waals surface area contributed by atoms with Gasteiger partial charge in [-0.25, -0.2) is 4.98 Å². The van der Waals surface area contributed by atoms with Crippen molar-refractivity contribution in [1.82, 2.24) is 20.1 Å². The zero-order valence-electron chi connectivity index (χ0n) is 14.9. The van der Waals surface area contributed by atoms with Gasteiger partial charge in [0.05, 0.1) is 29.5 Å². The highest BCUT2D eigenvalue weighted by Crippen LogP contribution is 2.20. The minimum absolute atomic E-state index is 0.170. The first kappa shape index (κ1) is 17.0. The number of carbonyl (C=O) groups is 1. The quantitative estimate of drug-likeness (QED) is 0.790. The summed E-state index contributed by atoms with van der Waals surface area (Å²) in [6, 6.07) is 9.73. The van der Waals surface area contributed by atoms with Crippen molar-refractivity contribution in [2.75, 3.05) is 0 Å². The molecular formula is C19H22N4O2. The lowest BCUT2D eigenvalue weighted by Crippen LogP contribution is -2.24. The fourth-order valence-electron chi connectivity index (χ4n) is 2.41. The van der Waals surface area contributed by atoms with E-state index >= 15 is 0 Å². The molecular weight excluding hydrogens is 316 g/mol. The standard InChI is InChI=1S/C19H22N4O2/c1-13-15(12-23(22-13)19(2,3)4)18(24)21-11-17-20-10-16(25-17)14-8-6-5-7-9-14/h5-10,12H,11H2,1-4H3,(H,21,24). The molecule has 25 heavy (non-hydrogen) atoms. The van der Waals surface area contributed by atoms with Gasteiger partial charge in [0.1, 0.15) is 0 Å². The third kappa shape index (κ3) is 3.79.